The lowest BCUT2D eigenvalue weighted by molar-refractivity contribution is -0.137. The van der Waals surface area contributed by atoms with E-state index in [1.165, 1.54) is 12.1 Å². The Labute approximate surface area is 276 Å². The lowest BCUT2D eigenvalue weighted by Gasteiger charge is -2.27. The van der Waals surface area contributed by atoms with Gasteiger partial charge in [-0.05, 0) is 49.9 Å². The van der Waals surface area contributed by atoms with Crippen molar-refractivity contribution in [3.63, 3.8) is 0 Å². The third-order valence-corrected chi connectivity index (χ3v) is 8.02. The highest BCUT2D eigenvalue weighted by Gasteiger charge is 2.24. The first kappa shape index (κ1) is 34.9. The number of ether oxygens (including phenoxy) is 1. The number of hydrogen-bond acceptors (Lipinski definition) is 7. The Bertz CT molecular complexity index is 1640. The molecule has 0 saturated carbocycles. The predicted octanol–water partition coefficient (Wildman–Crippen LogP) is 6.00. The summed E-state index contributed by atoms with van der Waals surface area (Å²) < 4.78 is 4.64. The average molecular weight is 643 g/mol. The molecule has 2 unspecified atom stereocenters. The molecule has 0 spiro atoms. The van der Waals surface area contributed by atoms with E-state index in [-0.39, 0.29) is 42.2 Å². The monoisotopic (exact) mass is 642 g/mol. The van der Waals surface area contributed by atoms with Crippen LogP contribution in [0.3, 0.4) is 0 Å². The fraction of sp³-hybridized carbons (Fsp3) is 0.400. The number of methoxy groups -OCH3 is 1. The van der Waals surface area contributed by atoms with Crippen molar-refractivity contribution in [2.75, 3.05) is 14.2 Å². The number of benzene rings is 2. The number of carbonyl (C=O) groups excluding carboxylic acids is 3. The molecule has 47 heavy (non-hydrogen) atoms. The molecule has 0 aliphatic rings. The standard InChI is InChI=1S/C35H46N8O4/c1-21(2)42(36-7)31(44)17-23(5)33-37-19-29(39-33)27-13-9-25(10-14-27)26-11-15-28(16-12-26)30-20-38-34(40-30)24(6)18-32(45)43(22(3)4)41-35(46)47-8/h9-16,19-24,36H,17-18H2,1-8H3,(H,37,39)(H,38,40)(H,41,46). The first-order valence-electron chi connectivity index (χ1n) is 15.9. The predicted molar refractivity (Wildman–Crippen MR) is 182 cm³/mol. The van der Waals surface area contributed by atoms with Gasteiger partial charge < -0.3 is 14.7 Å². The smallest absolute Gasteiger partial charge is 0.425 e. The van der Waals surface area contributed by atoms with Crippen LogP contribution in [0, 0.1) is 0 Å². The maximum absolute atomic E-state index is 12.9. The molecular formula is C35H46N8O4. The van der Waals surface area contributed by atoms with Gasteiger partial charge in [-0.1, -0.05) is 62.4 Å². The summed E-state index contributed by atoms with van der Waals surface area (Å²) >= 11 is 0. The molecule has 2 aromatic carbocycles. The highest BCUT2D eigenvalue weighted by molar-refractivity contribution is 5.80. The van der Waals surface area contributed by atoms with Crippen LogP contribution in [0.15, 0.2) is 60.9 Å². The van der Waals surface area contributed by atoms with Gasteiger partial charge >= 0.3 is 6.09 Å². The average Bonchev–Trinajstić information content (AvgIpc) is 3.75. The van der Waals surface area contributed by atoms with Crippen LogP contribution in [-0.4, -0.2) is 74.1 Å². The van der Waals surface area contributed by atoms with Crippen molar-refractivity contribution in [3.8, 4) is 33.6 Å². The van der Waals surface area contributed by atoms with Crippen LogP contribution in [0.2, 0.25) is 0 Å². The Hall–Kier alpha value is -4.97. The Morgan fingerprint density at radius 3 is 1.43 bits per heavy atom. The molecule has 4 N–H and O–H groups in total. The van der Waals surface area contributed by atoms with Gasteiger partial charge in [-0.3, -0.25) is 14.6 Å². The number of aromatic amines is 2. The number of nitrogens with zero attached hydrogens (tertiary/aromatic N) is 4. The van der Waals surface area contributed by atoms with Crippen molar-refractivity contribution in [2.24, 2.45) is 0 Å². The van der Waals surface area contributed by atoms with Crippen LogP contribution in [0.1, 0.15) is 77.9 Å². The molecule has 4 rings (SSSR count). The molecule has 12 nitrogen and oxygen atoms in total. The number of aromatic nitrogens is 4. The topological polar surface area (TPSA) is 148 Å². The molecule has 2 aromatic heterocycles. The largest absolute Gasteiger partial charge is 0.452 e. The molecule has 0 aliphatic carbocycles. The van der Waals surface area contributed by atoms with Gasteiger partial charge in [-0.2, -0.15) is 0 Å². The Kier molecular flexibility index (Phi) is 11.5. The van der Waals surface area contributed by atoms with Gasteiger partial charge in [0, 0.05) is 43.8 Å². The van der Waals surface area contributed by atoms with E-state index in [1.54, 1.807) is 18.3 Å². The van der Waals surface area contributed by atoms with Crippen LogP contribution in [0.4, 0.5) is 4.79 Å². The number of H-pyrrole nitrogens is 2. The zero-order valence-corrected chi connectivity index (χ0v) is 28.4. The molecule has 0 fully saturated rings. The summed E-state index contributed by atoms with van der Waals surface area (Å²) in [6, 6.07) is 16.3. The van der Waals surface area contributed by atoms with E-state index in [9.17, 15) is 14.4 Å². The van der Waals surface area contributed by atoms with Gasteiger partial charge in [-0.15, -0.1) is 0 Å². The van der Waals surface area contributed by atoms with E-state index < -0.39 is 6.09 Å². The lowest BCUT2D eigenvalue weighted by atomic mass is 10.0. The second-order valence-corrected chi connectivity index (χ2v) is 12.3. The Morgan fingerprint density at radius 2 is 1.06 bits per heavy atom. The number of hydrazine groups is 2. The zero-order chi connectivity index (χ0) is 34.2. The lowest BCUT2D eigenvalue weighted by Crippen LogP contribution is -2.50. The fourth-order valence-electron chi connectivity index (χ4n) is 5.36. The van der Waals surface area contributed by atoms with E-state index in [4.69, 9.17) is 0 Å². The summed E-state index contributed by atoms with van der Waals surface area (Å²) in [6.07, 6.45) is 3.41. The van der Waals surface area contributed by atoms with Gasteiger partial charge in [-0.25, -0.2) is 30.6 Å². The second kappa shape index (κ2) is 15.5. The molecule has 0 aliphatic heterocycles. The van der Waals surface area contributed by atoms with Crippen molar-refractivity contribution >= 4 is 17.9 Å². The Balaban J connectivity index is 1.38. The number of rotatable bonds is 12. The minimum absolute atomic E-state index is 0.0299. The maximum atomic E-state index is 12.9. The van der Waals surface area contributed by atoms with Crippen molar-refractivity contribution in [1.82, 2.24) is 40.8 Å². The summed E-state index contributed by atoms with van der Waals surface area (Å²) in [5.74, 6) is 1.02. The second-order valence-electron chi connectivity index (χ2n) is 12.3. The molecular weight excluding hydrogens is 596 g/mol. The first-order valence-corrected chi connectivity index (χ1v) is 15.9. The SMILES string of the molecule is CNN(C(=O)CC(C)c1ncc(-c2ccc(-c3ccc(-c4cnc(C(C)CC(=O)N(NC(=O)OC)C(C)C)[nH]4)cc3)cc2)[nH]1)C(C)C. The first-order chi connectivity index (χ1) is 22.4. The van der Waals surface area contributed by atoms with Crippen molar-refractivity contribution in [3.05, 3.63) is 72.6 Å². The summed E-state index contributed by atoms with van der Waals surface area (Å²) in [6.45, 7) is 11.5. The van der Waals surface area contributed by atoms with Crippen LogP contribution in [0.25, 0.3) is 33.6 Å². The number of amides is 3. The third kappa shape index (κ3) is 8.64. The van der Waals surface area contributed by atoms with Gasteiger partial charge in [0.1, 0.15) is 11.6 Å². The zero-order valence-electron chi connectivity index (χ0n) is 28.4. The van der Waals surface area contributed by atoms with E-state index in [0.29, 0.717) is 12.2 Å². The number of carbonyl (C=O) groups is 3. The molecule has 0 saturated heterocycles. The quantitative estimate of drug-likeness (QED) is 0.139. The van der Waals surface area contributed by atoms with Gasteiger partial charge in [0.25, 0.3) is 0 Å². The molecule has 250 valence electrons. The maximum Gasteiger partial charge on any atom is 0.425 e. The third-order valence-electron chi connectivity index (χ3n) is 8.02. The van der Waals surface area contributed by atoms with Gasteiger partial charge in [0.2, 0.25) is 11.8 Å². The molecule has 0 bridgehead atoms. The van der Waals surface area contributed by atoms with E-state index in [0.717, 1.165) is 39.5 Å². The number of nitrogens with one attached hydrogen (secondary N) is 4. The van der Waals surface area contributed by atoms with Gasteiger partial charge in [0.15, 0.2) is 0 Å². The van der Waals surface area contributed by atoms with Crippen LogP contribution in [0.5, 0.6) is 0 Å². The van der Waals surface area contributed by atoms with Crippen molar-refractivity contribution in [2.45, 2.75) is 78.3 Å². The Morgan fingerprint density at radius 1 is 0.681 bits per heavy atom. The normalized spacial score (nSPS) is 12.6. The van der Waals surface area contributed by atoms with Crippen LogP contribution in [-0.2, 0) is 14.3 Å². The minimum atomic E-state index is -0.689. The summed E-state index contributed by atoms with van der Waals surface area (Å²) in [5, 5.41) is 2.92. The van der Waals surface area contributed by atoms with E-state index in [2.05, 4.69) is 71.9 Å². The van der Waals surface area contributed by atoms with Crippen molar-refractivity contribution in [1.29, 1.82) is 0 Å². The van der Waals surface area contributed by atoms with E-state index >= 15 is 0 Å². The summed E-state index contributed by atoms with van der Waals surface area (Å²) in [7, 11) is 3.01. The molecule has 2 atom stereocenters. The van der Waals surface area contributed by atoms with Crippen LogP contribution < -0.4 is 10.9 Å². The van der Waals surface area contributed by atoms with Crippen LogP contribution >= 0.6 is 0 Å². The molecule has 2 heterocycles. The molecule has 0 radical (unpaired) electrons. The van der Waals surface area contributed by atoms with Crippen molar-refractivity contribution < 1.29 is 19.1 Å². The summed E-state index contributed by atoms with van der Waals surface area (Å²) in [5.41, 5.74) is 11.3. The molecule has 3 amide bonds. The minimum Gasteiger partial charge on any atom is -0.452 e. The number of imidazole rings is 2. The molecule has 4 aromatic rings. The molecule has 12 heteroatoms. The highest BCUT2D eigenvalue weighted by atomic mass is 16.5. The van der Waals surface area contributed by atoms with Gasteiger partial charge in [0.05, 0.1) is 30.9 Å². The fourth-order valence-corrected chi connectivity index (χ4v) is 5.36. The number of hydrogen-bond donors (Lipinski definition) is 4. The summed E-state index contributed by atoms with van der Waals surface area (Å²) in [4.78, 5) is 53.0. The highest BCUT2D eigenvalue weighted by Crippen LogP contribution is 2.29. The van der Waals surface area contributed by atoms with E-state index in [1.807, 2.05) is 59.9 Å².